The fourth-order valence-corrected chi connectivity index (χ4v) is 3.12. The van der Waals surface area contributed by atoms with Crippen molar-refractivity contribution in [2.24, 2.45) is 5.92 Å². The minimum atomic E-state index is -0.587. The van der Waals surface area contributed by atoms with Gasteiger partial charge in [-0.25, -0.2) is 0 Å². The number of hydrogen-bond donors (Lipinski definition) is 1. The van der Waals surface area contributed by atoms with E-state index in [1.807, 2.05) is 4.90 Å². The van der Waals surface area contributed by atoms with Crippen LogP contribution < -0.4 is 0 Å². The van der Waals surface area contributed by atoms with E-state index >= 15 is 0 Å². The summed E-state index contributed by atoms with van der Waals surface area (Å²) in [5, 5.41) is 18.4. The summed E-state index contributed by atoms with van der Waals surface area (Å²) in [5.41, 5.74) is -0.587. The van der Waals surface area contributed by atoms with Gasteiger partial charge in [0, 0.05) is 32.7 Å². The maximum atomic E-state index is 12.3. The first-order chi connectivity index (χ1) is 9.11. The van der Waals surface area contributed by atoms with Gasteiger partial charge < -0.3 is 10.0 Å². The Bertz CT molecular complexity index is 365. The minimum Gasteiger partial charge on any atom is -0.396 e. The highest BCUT2D eigenvalue weighted by Gasteiger charge is 2.39. The van der Waals surface area contributed by atoms with E-state index < -0.39 is 5.54 Å². The third kappa shape index (κ3) is 2.90. The fraction of sp³-hybridized carbons (Fsp3) is 0.857. The maximum absolute atomic E-state index is 12.3. The van der Waals surface area contributed by atoms with Crippen LogP contribution in [0.4, 0.5) is 0 Å². The summed E-state index contributed by atoms with van der Waals surface area (Å²) >= 11 is 0. The molecule has 1 N–H and O–H groups in total. The second-order valence-electron chi connectivity index (χ2n) is 5.90. The zero-order chi connectivity index (χ0) is 13.9. The average Bonchev–Trinajstić information content (AvgIpc) is 2.41. The second kappa shape index (κ2) is 5.89. The van der Waals surface area contributed by atoms with Crippen LogP contribution >= 0.6 is 0 Å². The molecule has 1 amide bonds. The number of carbonyl (C=O) groups is 1. The predicted octanol–water partition coefficient (Wildman–Crippen LogP) is 0.595. The number of aliphatic hydroxyl groups is 1. The highest BCUT2D eigenvalue weighted by atomic mass is 16.3. The van der Waals surface area contributed by atoms with Crippen LogP contribution in [0.2, 0.25) is 0 Å². The van der Waals surface area contributed by atoms with E-state index in [9.17, 15) is 10.1 Å². The Morgan fingerprint density at radius 2 is 2.05 bits per heavy atom. The molecule has 0 spiro atoms. The number of likely N-dealkylation sites (tertiary alicyclic amines) is 1. The molecule has 0 aromatic heterocycles. The molecule has 0 aromatic rings. The molecule has 106 valence electrons. The van der Waals surface area contributed by atoms with Crippen molar-refractivity contribution >= 4 is 5.91 Å². The summed E-state index contributed by atoms with van der Waals surface area (Å²) in [7, 11) is 1.76. The summed E-state index contributed by atoms with van der Waals surface area (Å²) in [6.45, 7) is 2.14. The van der Waals surface area contributed by atoms with Gasteiger partial charge in [-0.15, -0.1) is 0 Å². The molecule has 1 aliphatic heterocycles. The normalized spacial score (nSPS) is 23.4. The molecule has 0 atom stereocenters. The average molecular weight is 265 g/mol. The summed E-state index contributed by atoms with van der Waals surface area (Å²) in [4.78, 5) is 16.0. The lowest BCUT2D eigenvalue weighted by molar-refractivity contribution is -0.138. The van der Waals surface area contributed by atoms with E-state index in [1.54, 1.807) is 11.9 Å². The molecule has 0 radical (unpaired) electrons. The third-order valence-electron chi connectivity index (χ3n) is 4.55. The molecule has 19 heavy (non-hydrogen) atoms. The zero-order valence-electron chi connectivity index (χ0n) is 11.6. The van der Waals surface area contributed by atoms with Crippen LogP contribution in [0.15, 0.2) is 0 Å². The number of nitrogens with zero attached hydrogens (tertiary/aromatic N) is 3. The highest BCUT2D eigenvalue weighted by Crippen LogP contribution is 2.32. The molecule has 2 rings (SSSR count). The van der Waals surface area contributed by atoms with Gasteiger partial charge in [-0.1, -0.05) is 19.3 Å². The van der Waals surface area contributed by atoms with Gasteiger partial charge in [0.2, 0.25) is 5.91 Å². The highest BCUT2D eigenvalue weighted by molar-refractivity contribution is 5.79. The fourth-order valence-electron chi connectivity index (χ4n) is 3.12. The quantitative estimate of drug-likeness (QED) is 0.808. The monoisotopic (exact) mass is 265 g/mol. The van der Waals surface area contributed by atoms with Crippen LogP contribution in [0.3, 0.4) is 0 Å². The molecule has 2 aliphatic rings. The number of amides is 1. The van der Waals surface area contributed by atoms with Crippen molar-refractivity contribution in [1.82, 2.24) is 9.80 Å². The van der Waals surface area contributed by atoms with E-state index in [2.05, 4.69) is 6.07 Å². The summed E-state index contributed by atoms with van der Waals surface area (Å²) in [6.07, 6.45) is 4.81. The Balaban J connectivity index is 1.89. The Labute approximate surface area is 114 Å². The molecular formula is C14H23N3O2. The van der Waals surface area contributed by atoms with Gasteiger partial charge in [-0.05, 0) is 12.8 Å². The lowest BCUT2D eigenvalue weighted by atomic mass is 9.81. The first-order valence-corrected chi connectivity index (χ1v) is 7.12. The largest absolute Gasteiger partial charge is 0.396 e. The van der Waals surface area contributed by atoms with Crippen molar-refractivity contribution in [1.29, 1.82) is 5.26 Å². The second-order valence-corrected chi connectivity index (χ2v) is 5.90. The number of nitriles is 1. The van der Waals surface area contributed by atoms with E-state index in [1.165, 1.54) is 0 Å². The van der Waals surface area contributed by atoms with E-state index in [0.717, 1.165) is 45.2 Å². The Morgan fingerprint density at radius 1 is 1.42 bits per heavy atom. The lowest BCUT2D eigenvalue weighted by Gasteiger charge is -2.42. The van der Waals surface area contributed by atoms with Gasteiger partial charge in [0.15, 0.2) is 0 Å². The summed E-state index contributed by atoms with van der Waals surface area (Å²) in [5.74, 6) is 0.345. The molecule has 1 saturated heterocycles. The Kier molecular flexibility index (Phi) is 4.43. The molecule has 5 heteroatoms. The molecule has 1 saturated carbocycles. The van der Waals surface area contributed by atoms with Crippen molar-refractivity contribution in [2.75, 3.05) is 33.3 Å². The predicted molar refractivity (Wildman–Crippen MR) is 71.2 cm³/mol. The molecule has 5 nitrogen and oxygen atoms in total. The number of likely N-dealkylation sites (N-methyl/N-ethyl adjacent to an activating group) is 1. The van der Waals surface area contributed by atoms with Crippen molar-refractivity contribution in [2.45, 2.75) is 37.6 Å². The number of aliphatic hydroxyl groups excluding tert-OH is 1. The Morgan fingerprint density at radius 3 is 2.58 bits per heavy atom. The summed E-state index contributed by atoms with van der Waals surface area (Å²) in [6, 6.07) is 2.37. The van der Waals surface area contributed by atoms with E-state index in [4.69, 9.17) is 5.11 Å². The van der Waals surface area contributed by atoms with Crippen LogP contribution in [0, 0.1) is 17.2 Å². The van der Waals surface area contributed by atoms with Gasteiger partial charge in [0.25, 0.3) is 0 Å². The standard InChI is InChI=1S/C14H23N3O2/c1-16(14(11-15)5-3-2-4-6-14)13(19)9-17-7-12(8-17)10-18/h12,18H,2-10H2,1H3. The van der Waals surface area contributed by atoms with Crippen LogP contribution in [0.5, 0.6) is 0 Å². The molecule has 1 heterocycles. The molecule has 0 bridgehead atoms. The van der Waals surface area contributed by atoms with Gasteiger partial charge in [0.1, 0.15) is 5.54 Å². The van der Waals surface area contributed by atoms with Gasteiger partial charge >= 0.3 is 0 Å². The third-order valence-corrected chi connectivity index (χ3v) is 4.55. The number of hydrogen-bond acceptors (Lipinski definition) is 4. The smallest absolute Gasteiger partial charge is 0.237 e. The topological polar surface area (TPSA) is 67.6 Å². The van der Waals surface area contributed by atoms with E-state index in [-0.39, 0.29) is 12.5 Å². The lowest BCUT2D eigenvalue weighted by Crippen LogP contribution is -2.56. The molecule has 2 fully saturated rings. The molecule has 0 unspecified atom stereocenters. The van der Waals surface area contributed by atoms with Crippen molar-refractivity contribution < 1.29 is 9.90 Å². The Hall–Kier alpha value is -1.12. The molecular weight excluding hydrogens is 242 g/mol. The first kappa shape index (κ1) is 14.3. The van der Waals surface area contributed by atoms with Crippen molar-refractivity contribution in [3.63, 3.8) is 0 Å². The number of carbonyl (C=O) groups excluding carboxylic acids is 1. The maximum Gasteiger partial charge on any atom is 0.237 e. The first-order valence-electron chi connectivity index (χ1n) is 7.12. The van der Waals surface area contributed by atoms with Crippen LogP contribution in [0.25, 0.3) is 0 Å². The molecule has 0 aromatic carbocycles. The SMILES string of the molecule is CN(C(=O)CN1CC(CO)C1)C1(C#N)CCCCC1. The summed E-state index contributed by atoms with van der Waals surface area (Å²) < 4.78 is 0. The van der Waals surface area contributed by atoms with Crippen molar-refractivity contribution in [3.05, 3.63) is 0 Å². The zero-order valence-corrected chi connectivity index (χ0v) is 11.6. The van der Waals surface area contributed by atoms with Crippen molar-refractivity contribution in [3.8, 4) is 6.07 Å². The van der Waals surface area contributed by atoms with Crippen LogP contribution in [-0.4, -0.2) is 59.6 Å². The van der Waals surface area contributed by atoms with Gasteiger partial charge in [-0.3, -0.25) is 9.69 Å². The number of rotatable bonds is 4. The van der Waals surface area contributed by atoms with E-state index in [0.29, 0.717) is 12.5 Å². The molecule has 1 aliphatic carbocycles. The van der Waals surface area contributed by atoms with Crippen LogP contribution in [0.1, 0.15) is 32.1 Å². The van der Waals surface area contributed by atoms with Gasteiger partial charge in [0.05, 0.1) is 12.6 Å². The van der Waals surface area contributed by atoms with Crippen LogP contribution in [-0.2, 0) is 4.79 Å². The minimum absolute atomic E-state index is 0.0276. The van der Waals surface area contributed by atoms with Gasteiger partial charge in [-0.2, -0.15) is 5.26 Å².